The van der Waals surface area contributed by atoms with E-state index in [1.807, 2.05) is 5.43 Å². The molecule has 8 nitrogen and oxygen atoms in total. The molecule has 0 spiro atoms. The zero-order chi connectivity index (χ0) is 16.5. The Morgan fingerprint density at radius 2 is 2.00 bits per heavy atom. The van der Waals surface area contributed by atoms with E-state index in [2.05, 4.69) is 10.4 Å². The van der Waals surface area contributed by atoms with Crippen LogP contribution in [-0.4, -0.2) is 37.1 Å². The van der Waals surface area contributed by atoms with Gasteiger partial charge in [0, 0.05) is 12.1 Å². The number of carbonyl (C=O) groups excluding carboxylic acids is 3. The van der Waals surface area contributed by atoms with Gasteiger partial charge in [-0.25, -0.2) is 5.43 Å². The number of ether oxygens (including phenoxy) is 1. The zero-order valence-corrected chi connectivity index (χ0v) is 12.2. The molecule has 0 bridgehead atoms. The van der Waals surface area contributed by atoms with E-state index < -0.39 is 17.8 Å². The van der Waals surface area contributed by atoms with Crippen LogP contribution in [0.2, 0.25) is 0 Å². The van der Waals surface area contributed by atoms with E-state index in [1.165, 1.54) is 18.3 Å². The number of aromatic carboxylic acids is 1. The fraction of sp³-hybridized carbons (Fsp3) is 0.286. The number of amides is 2. The largest absolute Gasteiger partial charge is 0.545 e. The van der Waals surface area contributed by atoms with Crippen LogP contribution in [-0.2, 0) is 9.59 Å². The van der Waals surface area contributed by atoms with E-state index >= 15 is 0 Å². The van der Waals surface area contributed by atoms with Crippen LogP contribution in [0.1, 0.15) is 29.8 Å². The second kappa shape index (κ2) is 8.40. The van der Waals surface area contributed by atoms with Crippen molar-refractivity contribution in [2.75, 3.05) is 13.2 Å². The molecule has 1 aromatic carbocycles. The number of carboxylic acid groups (broad SMARTS) is 1. The molecule has 0 aromatic heterocycles. The summed E-state index contributed by atoms with van der Waals surface area (Å²) in [5.41, 5.74) is 2.31. The molecule has 0 fully saturated rings. The van der Waals surface area contributed by atoms with Gasteiger partial charge in [-0.1, -0.05) is 0 Å². The van der Waals surface area contributed by atoms with Gasteiger partial charge < -0.3 is 20.0 Å². The quantitative estimate of drug-likeness (QED) is 0.398. The van der Waals surface area contributed by atoms with Crippen LogP contribution in [0.5, 0.6) is 5.75 Å². The lowest BCUT2D eigenvalue weighted by atomic mass is 10.1. The average Bonchev–Trinajstić information content (AvgIpc) is 2.48. The maximum absolute atomic E-state index is 11.3. The number of likely N-dealkylation sites (N-methyl/N-ethyl adjacent to an activating group) is 1. The summed E-state index contributed by atoms with van der Waals surface area (Å²) < 4.78 is 5.17. The minimum absolute atomic E-state index is 0.124. The Balaban J connectivity index is 2.79. The van der Waals surface area contributed by atoms with E-state index in [-0.39, 0.29) is 11.3 Å². The number of hydrogen-bond acceptors (Lipinski definition) is 6. The lowest BCUT2D eigenvalue weighted by Crippen LogP contribution is -2.37. The monoisotopic (exact) mass is 306 g/mol. The highest BCUT2D eigenvalue weighted by atomic mass is 16.5. The molecule has 0 atom stereocenters. The first-order valence-corrected chi connectivity index (χ1v) is 6.59. The lowest BCUT2D eigenvalue weighted by molar-refractivity contribution is -0.255. The van der Waals surface area contributed by atoms with E-state index in [0.717, 1.165) is 0 Å². The van der Waals surface area contributed by atoms with E-state index in [1.54, 1.807) is 19.9 Å². The van der Waals surface area contributed by atoms with Crippen LogP contribution >= 0.6 is 0 Å². The first kappa shape index (κ1) is 17.2. The molecule has 0 aliphatic heterocycles. The van der Waals surface area contributed by atoms with Gasteiger partial charge in [-0.05, 0) is 37.6 Å². The van der Waals surface area contributed by atoms with Gasteiger partial charge in [0.25, 0.3) is 0 Å². The highest BCUT2D eigenvalue weighted by Gasteiger charge is 2.10. The second-order valence-corrected chi connectivity index (χ2v) is 4.03. The molecule has 0 saturated carbocycles. The molecule has 0 heterocycles. The molecule has 0 aliphatic rings. The number of hydrogen-bond donors (Lipinski definition) is 2. The summed E-state index contributed by atoms with van der Waals surface area (Å²) in [4.78, 5) is 33.5. The van der Waals surface area contributed by atoms with Gasteiger partial charge >= 0.3 is 11.8 Å². The number of nitrogens with one attached hydrogen (secondary N) is 2. The van der Waals surface area contributed by atoms with Crippen LogP contribution < -0.4 is 20.6 Å². The Morgan fingerprint density at radius 1 is 1.27 bits per heavy atom. The first-order valence-electron chi connectivity index (χ1n) is 6.59. The summed E-state index contributed by atoms with van der Waals surface area (Å²) >= 11 is 0. The first-order chi connectivity index (χ1) is 10.5. The number of nitrogens with zero attached hydrogens (tertiary/aromatic N) is 1. The summed E-state index contributed by atoms with van der Waals surface area (Å²) in [6.07, 6.45) is 1.21. The predicted octanol–water partition coefficient (Wildman–Crippen LogP) is -0.965. The predicted molar refractivity (Wildman–Crippen MR) is 76.4 cm³/mol. The normalized spacial score (nSPS) is 10.3. The molecule has 8 heteroatoms. The minimum atomic E-state index is -1.38. The van der Waals surface area contributed by atoms with Gasteiger partial charge in [0.1, 0.15) is 5.75 Å². The van der Waals surface area contributed by atoms with Crippen molar-refractivity contribution in [2.24, 2.45) is 5.10 Å². The molecular weight excluding hydrogens is 290 g/mol. The standard InChI is InChI=1S/C14H17N3O5/c1-3-15-12(18)13(19)17-16-8-9-5-6-11(22-4-2)10(7-9)14(20)21/h5-8H,3-4H2,1-2H3,(H,15,18)(H,17,19)(H,20,21)/p-1/b16-8-. The summed E-state index contributed by atoms with van der Waals surface area (Å²) in [7, 11) is 0. The van der Waals surface area contributed by atoms with Gasteiger partial charge in [0.05, 0.1) is 18.8 Å². The van der Waals surface area contributed by atoms with Gasteiger partial charge in [-0.2, -0.15) is 5.10 Å². The number of carbonyl (C=O) groups is 3. The minimum Gasteiger partial charge on any atom is -0.545 e. The van der Waals surface area contributed by atoms with Crippen LogP contribution in [0.25, 0.3) is 0 Å². The molecule has 1 rings (SSSR count). The maximum atomic E-state index is 11.3. The molecule has 2 amide bonds. The van der Waals surface area contributed by atoms with Crippen molar-refractivity contribution in [2.45, 2.75) is 13.8 Å². The Bertz CT molecular complexity index is 598. The molecule has 0 saturated heterocycles. The van der Waals surface area contributed by atoms with Gasteiger partial charge in [0.2, 0.25) is 0 Å². The average molecular weight is 306 g/mol. The summed E-state index contributed by atoms with van der Waals surface area (Å²) in [5, 5.41) is 16.9. The maximum Gasteiger partial charge on any atom is 0.329 e. The number of carboxylic acids is 1. The summed E-state index contributed by atoms with van der Waals surface area (Å²) in [6, 6.07) is 4.31. The van der Waals surface area contributed by atoms with Gasteiger partial charge in [0.15, 0.2) is 0 Å². The van der Waals surface area contributed by atoms with Gasteiger partial charge in [-0.3, -0.25) is 9.59 Å². The van der Waals surface area contributed by atoms with Crippen molar-refractivity contribution >= 4 is 24.0 Å². The Morgan fingerprint density at radius 3 is 2.59 bits per heavy atom. The molecule has 1 aromatic rings. The van der Waals surface area contributed by atoms with E-state index in [4.69, 9.17) is 4.74 Å². The smallest absolute Gasteiger partial charge is 0.329 e. The third kappa shape index (κ3) is 4.89. The van der Waals surface area contributed by atoms with Crippen molar-refractivity contribution < 1.29 is 24.2 Å². The Labute approximate surface area is 127 Å². The van der Waals surface area contributed by atoms with E-state index in [0.29, 0.717) is 18.7 Å². The number of benzene rings is 1. The topological polar surface area (TPSA) is 120 Å². The van der Waals surface area contributed by atoms with Crippen LogP contribution in [0.4, 0.5) is 0 Å². The summed E-state index contributed by atoms with van der Waals surface area (Å²) in [6.45, 7) is 4.04. The van der Waals surface area contributed by atoms with Gasteiger partial charge in [-0.15, -0.1) is 0 Å². The molecule has 0 unspecified atom stereocenters. The van der Waals surface area contributed by atoms with Crippen molar-refractivity contribution in [3.63, 3.8) is 0 Å². The molecular formula is C14H16N3O5-. The van der Waals surface area contributed by atoms with Crippen molar-refractivity contribution in [1.82, 2.24) is 10.7 Å². The van der Waals surface area contributed by atoms with Crippen LogP contribution in [0, 0.1) is 0 Å². The number of hydrazone groups is 1. The van der Waals surface area contributed by atoms with Crippen LogP contribution in [0.3, 0.4) is 0 Å². The highest BCUT2D eigenvalue weighted by Crippen LogP contribution is 2.18. The second-order valence-electron chi connectivity index (χ2n) is 4.03. The van der Waals surface area contributed by atoms with Crippen molar-refractivity contribution in [3.8, 4) is 5.75 Å². The zero-order valence-electron chi connectivity index (χ0n) is 12.2. The molecule has 0 radical (unpaired) electrons. The third-order valence-electron chi connectivity index (χ3n) is 2.45. The van der Waals surface area contributed by atoms with Crippen LogP contribution in [0.15, 0.2) is 23.3 Å². The fourth-order valence-corrected chi connectivity index (χ4v) is 1.53. The lowest BCUT2D eigenvalue weighted by Gasteiger charge is -2.11. The third-order valence-corrected chi connectivity index (χ3v) is 2.45. The molecule has 22 heavy (non-hydrogen) atoms. The molecule has 2 N–H and O–H groups in total. The molecule has 0 aliphatic carbocycles. The Kier molecular flexibility index (Phi) is 6.55. The van der Waals surface area contributed by atoms with Crippen molar-refractivity contribution in [3.05, 3.63) is 29.3 Å². The molecule has 118 valence electrons. The fourth-order valence-electron chi connectivity index (χ4n) is 1.53. The Hall–Kier alpha value is -2.90. The van der Waals surface area contributed by atoms with Crippen molar-refractivity contribution in [1.29, 1.82) is 0 Å². The SMILES string of the molecule is CCNC(=O)C(=O)N/N=C\c1ccc(OCC)c(C(=O)[O-])c1. The summed E-state index contributed by atoms with van der Waals surface area (Å²) in [5.74, 6) is -2.91. The highest BCUT2D eigenvalue weighted by molar-refractivity contribution is 6.35. The number of rotatable bonds is 6. The van der Waals surface area contributed by atoms with E-state index in [9.17, 15) is 19.5 Å².